The van der Waals surface area contributed by atoms with E-state index in [2.05, 4.69) is 0 Å². The van der Waals surface area contributed by atoms with Gasteiger partial charge in [-0.2, -0.15) is 8.42 Å². The first kappa shape index (κ1) is 11.9. The summed E-state index contributed by atoms with van der Waals surface area (Å²) in [6.45, 7) is 3.52. The van der Waals surface area contributed by atoms with Gasteiger partial charge in [-0.25, -0.2) is 0 Å². The minimum atomic E-state index is -4.11. The van der Waals surface area contributed by atoms with Crippen molar-refractivity contribution >= 4 is 10.1 Å². The van der Waals surface area contributed by atoms with Crippen molar-refractivity contribution in [3.05, 3.63) is 0 Å². The number of hydrogen-bond donors (Lipinski definition) is 1. The van der Waals surface area contributed by atoms with Gasteiger partial charge in [-0.05, 0) is 12.8 Å². The summed E-state index contributed by atoms with van der Waals surface area (Å²) in [7, 11) is -2.81. The lowest BCUT2D eigenvalue weighted by molar-refractivity contribution is 0.0426. The van der Waals surface area contributed by atoms with Gasteiger partial charge in [0.2, 0.25) is 0 Å². The van der Waals surface area contributed by atoms with E-state index in [1.54, 1.807) is 6.92 Å². The van der Waals surface area contributed by atoms with Gasteiger partial charge in [-0.15, -0.1) is 0 Å². The SMILES string of the molecule is CCCC(CC)(OC)S(=O)(=O)O. The molecule has 0 aliphatic heterocycles. The molecular weight excluding hydrogens is 180 g/mol. The zero-order valence-electron chi connectivity index (χ0n) is 7.70. The van der Waals surface area contributed by atoms with Crippen LogP contribution in [0.5, 0.6) is 0 Å². The van der Waals surface area contributed by atoms with Crippen molar-refractivity contribution in [1.82, 2.24) is 0 Å². The first-order valence-corrected chi connectivity index (χ1v) is 5.39. The molecular formula is C7H16O4S. The minimum absolute atomic E-state index is 0.260. The third-order valence-electron chi connectivity index (χ3n) is 2.01. The highest BCUT2D eigenvalue weighted by Crippen LogP contribution is 2.27. The van der Waals surface area contributed by atoms with Crippen LogP contribution in [0, 0.1) is 0 Å². The Balaban J connectivity index is 4.83. The highest BCUT2D eigenvalue weighted by molar-refractivity contribution is 7.87. The van der Waals surface area contributed by atoms with Crippen LogP contribution < -0.4 is 0 Å². The molecule has 0 aliphatic carbocycles. The number of hydrogen-bond acceptors (Lipinski definition) is 3. The van der Waals surface area contributed by atoms with Crippen LogP contribution in [0.25, 0.3) is 0 Å². The minimum Gasteiger partial charge on any atom is -0.360 e. The van der Waals surface area contributed by atoms with Gasteiger partial charge in [0.15, 0.2) is 4.93 Å². The van der Waals surface area contributed by atoms with Crippen LogP contribution in [0.4, 0.5) is 0 Å². The molecule has 4 nitrogen and oxygen atoms in total. The van der Waals surface area contributed by atoms with Crippen LogP contribution in [0.15, 0.2) is 0 Å². The summed E-state index contributed by atoms with van der Waals surface area (Å²) in [6.07, 6.45) is 1.23. The predicted molar refractivity (Wildman–Crippen MR) is 46.5 cm³/mol. The summed E-state index contributed by atoms with van der Waals surface area (Å²) in [4.78, 5) is -1.40. The van der Waals surface area contributed by atoms with Crippen LogP contribution in [-0.2, 0) is 14.9 Å². The number of rotatable bonds is 5. The summed E-state index contributed by atoms with van der Waals surface area (Å²) >= 11 is 0. The predicted octanol–water partition coefficient (Wildman–Crippen LogP) is 1.43. The third kappa shape index (κ3) is 2.18. The zero-order chi connectivity index (χ0) is 9.83. The standard InChI is InChI=1S/C7H16O4S/c1-4-6-7(5-2,11-3)12(8,9)10/h4-6H2,1-3H3,(H,8,9,10). The third-order valence-corrected chi connectivity index (χ3v) is 3.61. The lowest BCUT2D eigenvalue weighted by atomic mass is 10.1. The first-order valence-electron chi connectivity index (χ1n) is 3.95. The Bertz CT molecular complexity index is 216. The van der Waals surface area contributed by atoms with Crippen LogP contribution in [0.2, 0.25) is 0 Å². The molecule has 0 amide bonds. The molecule has 1 N–H and O–H groups in total. The molecule has 5 heteroatoms. The van der Waals surface area contributed by atoms with E-state index in [-0.39, 0.29) is 6.42 Å². The van der Waals surface area contributed by atoms with E-state index in [0.717, 1.165) is 0 Å². The summed E-state index contributed by atoms with van der Waals surface area (Å²) in [5.41, 5.74) is 0. The summed E-state index contributed by atoms with van der Waals surface area (Å²) in [5, 5.41) is 0. The Labute approximate surface area is 73.7 Å². The monoisotopic (exact) mass is 196 g/mol. The van der Waals surface area contributed by atoms with Crippen molar-refractivity contribution < 1.29 is 17.7 Å². The van der Waals surface area contributed by atoms with Crippen molar-refractivity contribution in [3.63, 3.8) is 0 Å². The molecule has 74 valence electrons. The van der Waals surface area contributed by atoms with Crippen molar-refractivity contribution in [2.24, 2.45) is 0 Å². The van der Waals surface area contributed by atoms with E-state index in [1.165, 1.54) is 7.11 Å². The van der Waals surface area contributed by atoms with Gasteiger partial charge in [0.05, 0.1) is 0 Å². The van der Waals surface area contributed by atoms with Gasteiger partial charge in [0, 0.05) is 7.11 Å². The lowest BCUT2D eigenvalue weighted by Gasteiger charge is -2.27. The summed E-state index contributed by atoms with van der Waals surface area (Å²) in [5.74, 6) is 0. The average Bonchev–Trinajstić information content (AvgIpc) is 1.98. The van der Waals surface area contributed by atoms with Crippen molar-refractivity contribution in [2.45, 2.75) is 38.0 Å². The summed E-state index contributed by atoms with van der Waals surface area (Å²) < 4.78 is 35.6. The van der Waals surface area contributed by atoms with Gasteiger partial charge in [-0.1, -0.05) is 20.3 Å². The van der Waals surface area contributed by atoms with Gasteiger partial charge in [0.1, 0.15) is 0 Å². The Morgan fingerprint density at radius 2 is 1.92 bits per heavy atom. The number of methoxy groups -OCH3 is 1. The molecule has 12 heavy (non-hydrogen) atoms. The van der Waals surface area contributed by atoms with Crippen LogP contribution in [-0.4, -0.2) is 25.0 Å². The van der Waals surface area contributed by atoms with Gasteiger partial charge >= 0.3 is 0 Å². The maximum Gasteiger partial charge on any atom is 0.295 e. The number of ether oxygens (including phenoxy) is 1. The molecule has 0 bridgehead atoms. The maximum absolute atomic E-state index is 10.9. The molecule has 0 spiro atoms. The largest absolute Gasteiger partial charge is 0.360 e. The van der Waals surface area contributed by atoms with Gasteiger partial charge in [-0.3, -0.25) is 4.55 Å². The van der Waals surface area contributed by atoms with E-state index in [4.69, 9.17) is 9.29 Å². The highest BCUT2D eigenvalue weighted by atomic mass is 32.2. The molecule has 0 saturated heterocycles. The van der Waals surface area contributed by atoms with Crippen molar-refractivity contribution in [3.8, 4) is 0 Å². The molecule has 0 fully saturated rings. The fourth-order valence-corrected chi connectivity index (χ4v) is 2.26. The molecule has 0 saturated carbocycles. The van der Waals surface area contributed by atoms with Crippen molar-refractivity contribution in [1.29, 1.82) is 0 Å². The molecule has 0 radical (unpaired) electrons. The molecule has 0 rings (SSSR count). The first-order chi connectivity index (χ1) is 5.43. The smallest absolute Gasteiger partial charge is 0.295 e. The highest BCUT2D eigenvalue weighted by Gasteiger charge is 2.40. The summed E-state index contributed by atoms with van der Waals surface area (Å²) in [6, 6.07) is 0. The second kappa shape index (κ2) is 4.20. The van der Waals surface area contributed by atoms with E-state index >= 15 is 0 Å². The topological polar surface area (TPSA) is 63.6 Å². The Kier molecular flexibility index (Phi) is 4.16. The van der Waals surface area contributed by atoms with Crippen molar-refractivity contribution in [2.75, 3.05) is 7.11 Å². The molecule has 1 unspecified atom stereocenters. The van der Waals surface area contributed by atoms with Crippen LogP contribution in [0.1, 0.15) is 33.1 Å². The second-order valence-electron chi connectivity index (χ2n) is 2.69. The van der Waals surface area contributed by atoms with Crippen LogP contribution in [0.3, 0.4) is 0 Å². The molecule has 0 aromatic heterocycles. The van der Waals surface area contributed by atoms with Gasteiger partial charge in [0.25, 0.3) is 10.1 Å². The molecule has 0 aromatic carbocycles. The molecule has 0 aromatic rings. The van der Waals surface area contributed by atoms with Gasteiger partial charge < -0.3 is 4.74 Å². The average molecular weight is 196 g/mol. The Hall–Kier alpha value is -0.130. The fraction of sp³-hybridized carbons (Fsp3) is 1.00. The normalized spacial score (nSPS) is 17.3. The van der Waals surface area contributed by atoms with E-state index in [1.807, 2.05) is 6.92 Å². The lowest BCUT2D eigenvalue weighted by Crippen LogP contribution is -2.39. The van der Waals surface area contributed by atoms with E-state index in [9.17, 15) is 8.42 Å². The molecule has 0 heterocycles. The molecule has 1 atom stereocenters. The maximum atomic E-state index is 10.9. The fourth-order valence-electron chi connectivity index (χ4n) is 1.22. The van der Waals surface area contributed by atoms with E-state index in [0.29, 0.717) is 12.8 Å². The molecule has 0 aliphatic rings. The zero-order valence-corrected chi connectivity index (χ0v) is 8.52. The van der Waals surface area contributed by atoms with Crippen LogP contribution >= 0.6 is 0 Å². The Morgan fingerprint density at radius 3 is 2.00 bits per heavy atom. The second-order valence-corrected chi connectivity index (χ2v) is 4.39. The quantitative estimate of drug-likeness (QED) is 0.675. The van der Waals surface area contributed by atoms with E-state index < -0.39 is 15.1 Å². The Morgan fingerprint density at radius 1 is 1.42 bits per heavy atom.